The zero-order chi connectivity index (χ0) is 20.7. The second kappa shape index (κ2) is 7.52. The van der Waals surface area contributed by atoms with E-state index in [4.69, 9.17) is 0 Å². The van der Waals surface area contributed by atoms with E-state index in [9.17, 15) is 16.8 Å². The molecule has 152 valence electrons. The van der Waals surface area contributed by atoms with E-state index in [0.29, 0.717) is 11.6 Å². The van der Waals surface area contributed by atoms with Crippen LogP contribution in [0.15, 0.2) is 52.3 Å². The van der Waals surface area contributed by atoms with Crippen LogP contribution in [0.5, 0.6) is 0 Å². The van der Waals surface area contributed by atoms with Crippen molar-refractivity contribution >= 4 is 25.4 Å². The maximum Gasteiger partial charge on any atom is 0.177 e. The van der Waals surface area contributed by atoms with Gasteiger partial charge in [-0.25, -0.2) is 16.8 Å². The molecule has 0 bridgehead atoms. The van der Waals surface area contributed by atoms with E-state index in [-0.39, 0.29) is 15.8 Å². The van der Waals surface area contributed by atoms with Gasteiger partial charge < -0.3 is 4.90 Å². The lowest BCUT2D eigenvalue weighted by Gasteiger charge is -2.31. The molecular weight excluding hydrogens is 394 g/mol. The van der Waals surface area contributed by atoms with Crippen LogP contribution in [-0.4, -0.2) is 41.9 Å². The van der Waals surface area contributed by atoms with Crippen LogP contribution >= 0.6 is 0 Å². The van der Waals surface area contributed by atoms with Gasteiger partial charge in [-0.3, -0.25) is 0 Å². The zero-order valence-corrected chi connectivity index (χ0v) is 18.3. The van der Waals surface area contributed by atoms with Crippen molar-refractivity contribution in [2.24, 2.45) is 0 Å². The van der Waals surface area contributed by atoms with Gasteiger partial charge in [-0.1, -0.05) is 36.8 Å². The summed E-state index contributed by atoms with van der Waals surface area (Å²) < 4.78 is 48.7. The third-order valence-electron chi connectivity index (χ3n) is 5.54. The van der Waals surface area contributed by atoms with Gasteiger partial charge in [0, 0.05) is 31.0 Å². The van der Waals surface area contributed by atoms with Crippen LogP contribution in [0.4, 0.5) is 5.69 Å². The first-order valence-corrected chi connectivity index (χ1v) is 13.2. The van der Waals surface area contributed by atoms with Gasteiger partial charge in [0.15, 0.2) is 19.7 Å². The van der Waals surface area contributed by atoms with Crippen LogP contribution in [0.25, 0.3) is 0 Å². The number of aryl methyl sites for hydroxylation is 1. The summed E-state index contributed by atoms with van der Waals surface area (Å²) in [5.74, 6) is 0.313. The highest BCUT2D eigenvalue weighted by Gasteiger charge is 2.36. The van der Waals surface area contributed by atoms with E-state index in [2.05, 4.69) is 43.0 Å². The van der Waals surface area contributed by atoms with E-state index in [1.165, 1.54) is 23.3 Å². The van der Waals surface area contributed by atoms with Crippen molar-refractivity contribution in [3.05, 3.63) is 53.6 Å². The van der Waals surface area contributed by atoms with Crippen LogP contribution in [-0.2, 0) is 19.7 Å². The number of rotatable bonds is 5. The molecule has 1 aliphatic heterocycles. The average Bonchev–Trinajstić information content (AvgIpc) is 3.04. The second-order valence-electron chi connectivity index (χ2n) is 7.65. The van der Waals surface area contributed by atoms with Gasteiger partial charge in [0.25, 0.3) is 0 Å². The normalized spacial score (nSPS) is 20.5. The molecule has 1 heterocycles. The Hall–Kier alpha value is -1.86. The summed E-state index contributed by atoms with van der Waals surface area (Å²) in [6, 6.07) is 13.1. The molecule has 0 N–H and O–H groups in total. The summed E-state index contributed by atoms with van der Waals surface area (Å²) in [4.78, 5) is 2.24. The monoisotopic (exact) mass is 421 g/mol. The van der Waals surface area contributed by atoms with Crippen LogP contribution in [0, 0.1) is 6.92 Å². The summed E-state index contributed by atoms with van der Waals surface area (Å²) in [5.41, 5.74) is 3.06. The maximum atomic E-state index is 12.5. The summed E-state index contributed by atoms with van der Waals surface area (Å²) in [6.45, 7) is 4.90. The first kappa shape index (κ1) is 20.9. The largest absolute Gasteiger partial charge is 0.367 e. The molecule has 0 aliphatic carbocycles. The van der Waals surface area contributed by atoms with Crippen molar-refractivity contribution in [3.63, 3.8) is 0 Å². The summed E-state index contributed by atoms with van der Waals surface area (Å²) >= 11 is 0. The molecule has 1 saturated heterocycles. The molecule has 2 aromatic rings. The quantitative estimate of drug-likeness (QED) is 0.738. The Labute approximate surface area is 168 Å². The Kier molecular flexibility index (Phi) is 5.60. The van der Waals surface area contributed by atoms with Gasteiger partial charge in [-0.15, -0.1) is 0 Å². The van der Waals surface area contributed by atoms with Crippen molar-refractivity contribution in [1.82, 2.24) is 0 Å². The fourth-order valence-corrected chi connectivity index (χ4v) is 5.75. The van der Waals surface area contributed by atoms with Crippen molar-refractivity contribution in [3.8, 4) is 0 Å². The van der Waals surface area contributed by atoms with E-state index < -0.39 is 19.7 Å². The van der Waals surface area contributed by atoms with Gasteiger partial charge in [0.2, 0.25) is 0 Å². The molecule has 0 saturated carbocycles. The van der Waals surface area contributed by atoms with Crippen molar-refractivity contribution in [2.75, 3.05) is 24.0 Å². The fourth-order valence-electron chi connectivity index (χ4n) is 4.12. The third kappa shape index (κ3) is 4.10. The molecule has 7 heteroatoms. The molecule has 0 amide bonds. The van der Waals surface area contributed by atoms with Crippen LogP contribution in [0.3, 0.4) is 0 Å². The molecule has 1 fully saturated rings. The molecule has 3 rings (SSSR count). The Morgan fingerprint density at radius 1 is 0.964 bits per heavy atom. The highest BCUT2D eigenvalue weighted by molar-refractivity contribution is 7.91. The first-order chi connectivity index (χ1) is 13.0. The highest BCUT2D eigenvalue weighted by Crippen LogP contribution is 2.41. The van der Waals surface area contributed by atoms with Crippen LogP contribution in [0.2, 0.25) is 0 Å². The molecule has 0 aromatic heterocycles. The molecule has 0 radical (unpaired) electrons. The van der Waals surface area contributed by atoms with Crippen molar-refractivity contribution in [2.45, 2.75) is 48.4 Å². The summed E-state index contributed by atoms with van der Waals surface area (Å²) in [6.07, 6.45) is 4.02. The van der Waals surface area contributed by atoms with Crippen LogP contribution < -0.4 is 4.90 Å². The minimum atomic E-state index is -3.58. The fraction of sp³-hybridized carbons (Fsp3) is 0.429. The molecule has 28 heavy (non-hydrogen) atoms. The Bertz CT molecular complexity index is 1070. The van der Waals surface area contributed by atoms with Gasteiger partial charge in [0.1, 0.15) is 0 Å². The standard InChI is InChI=1S/C21H27NO4S2/c1-5-19-18(16-8-6-15(2)7-9-16)12-13-22(19)20-11-10-17(27(3,23)24)14-21(20)28(4,25)26/h6-11,14,18-19H,5,12-13H2,1-4H3/t18-,19-/m1/s1. The van der Waals surface area contributed by atoms with Crippen molar-refractivity contribution in [1.29, 1.82) is 0 Å². The minimum Gasteiger partial charge on any atom is -0.367 e. The Balaban J connectivity index is 2.06. The first-order valence-electron chi connectivity index (χ1n) is 9.39. The SMILES string of the molecule is CC[C@@H]1[C@@H](c2ccc(C)cc2)CCN1c1ccc(S(C)(=O)=O)cc1S(C)(=O)=O. The Morgan fingerprint density at radius 2 is 1.61 bits per heavy atom. The zero-order valence-electron chi connectivity index (χ0n) is 16.7. The van der Waals surface area contributed by atoms with E-state index in [1.807, 2.05) is 0 Å². The molecular formula is C21H27NO4S2. The Morgan fingerprint density at radius 3 is 2.14 bits per heavy atom. The van der Waals surface area contributed by atoms with E-state index in [0.717, 1.165) is 31.9 Å². The predicted molar refractivity (Wildman–Crippen MR) is 113 cm³/mol. The number of anilines is 1. The second-order valence-corrected chi connectivity index (χ2v) is 11.6. The molecule has 1 aliphatic rings. The molecule has 0 spiro atoms. The maximum absolute atomic E-state index is 12.5. The van der Waals surface area contributed by atoms with E-state index in [1.54, 1.807) is 6.07 Å². The number of hydrogen-bond acceptors (Lipinski definition) is 5. The number of hydrogen-bond donors (Lipinski definition) is 0. The lowest BCUT2D eigenvalue weighted by Crippen LogP contribution is -2.32. The lowest BCUT2D eigenvalue weighted by atomic mass is 9.90. The topological polar surface area (TPSA) is 71.5 Å². The lowest BCUT2D eigenvalue weighted by molar-refractivity contribution is 0.568. The number of nitrogens with zero attached hydrogens (tertiary/aromatic N) is 1. The van der Waals surface area contributed by atoms with Gasteiger partial charge in [-0.05, 0) is 43.5 Å². The molecule has 2 atom stereocenters. The van der Waals surface area contributed by atoms with Gasteiger partial charge >= 0.3 is 0 Å². The molecule has 5 nitrogen and oxygen atoms in total. The molecule has 0 unspecified atom stereocenters. The van der Waals surface area contributed by atoms with Gasteiger partial charge in [0.05, 0.1) is 15.5 Å². The highest BCUT2D eigenvalue weighted by atomic mass is 32.2. The van der Waals surface area contributed by atoms with Crippen molar-refractivity contribution < 1.29 is 16.8 Å². The summed E-state index contributed by atoms with van der Waals surface area (Å²) in [7, 11) is -7.06. The smallest absolute Gasteiger partial charge is 0.177 e. The van der Waals surface area contributed by atoms with E-state index >= 15 is 0 Å². The minimum absolute atomic E-state index is 0.0269. The number of benzene rings is 2. The average molecular weight is 422 g/mol. The predicted octanol–water partition coefficient (Wildman–Crippen LogP) is 3.57. The third-order valence-corrected chi connectivity index (χ3v) is 7.77. The summed E-state index contributed by atoms with van der Waals surface area (Å²) in [5, 5.41) is 0. The van der Waals surface area contributed by atoms with Gasteiger partial charge in [-0.2, -0.15) is 0 Å². The molecule has 2 aromatic carbocycles. The van der Waals surface area contributed by atoms with Crippen LogP contribution in [0.1, 0.15) is 36.8 Å². The number of sulfone groups is 2.